The molecule has 0 spiro atoms. The molecule has 0 aromatic heterocycles. The van der Waals surface area contributed by atoms with Crippen LogP contribution < -0.4 is 0 Å². The Hall–Kier alpha value is -1.44. The molecule has 2 nitrogen and oxygen atoms in total. The maximum absolute atomic E-state index is 11.0. The minimum absolute atomic E-state index is 0.0194. The largest absolute Gasteiger partial charge is 0.293 e. The maximum atomic E-state index is 11.0. The van der Waals surface area contributed by atoms with E-state index in [0.29, 0.717) is 5.71 Å². The smallest absolute Gasteiger partial charge is 0.173 e. The molecular weight excluding hydrogens is 174 g/mol. The van der Waals surface area contributed by atoms with Crippen molar-refractivity contribution in [2.24, 2.45) is 4.99 Å². The zero-order valence-corrected chi connectivity index (χ0v) is 9.09. The van der Waals surface area contributed by atoms with E-state index in [1.165, 1.54) is 6.92 Å². The molecule has 14 heavy (non-hydrogen) atoms. The monoisotopic (exact) mass is 189 g/mol. The van der Waals surface area contributed by atoms with E-state index < -0.39 is 0 Å². The molecular formula is C12H15NO. The topological polar surface area (TPSA) is 29.4 Å². The minimum Gasteiger partial charge on any atom is -0.293 e. The normalized spacial score (nSPS) is 11.6. The lowest BCUT2D eigenvalue weighted by Gasteiger charge is -2.02. The molecule has 0 bridgehead atoms. The van der Waals surface area contributed by atoms with Crippen LogP contribution >= 0.6 is 0 Å². The Bertz CT molecular complexity index is 391. The number of rotatable bonds is 2. The number of ketones is 1. The second-order valence-electron chi connectivity index (χ2n) is 3.54. The highest BCUT2D eigenvalue weighted by Crippen LogP contribution is 2.19. The van der Waals surface area contributed by atoms with E-state index in [4.69, 9.17) is 0 Å². The van der Waals surface area contributed by atoms with Gasteiger partial charge in [-0.25, -0.2) is 4.99 Å². The number of hydrogen-bond donors (Lipinski definition) is 0. The Balaban J connectivity index is 3.13. The summed E-state index contributed by atoms with van der Waals surface area (Å²) >= 11 is 0. The summed E-state index contributed by atoms with van der Waals surface area (Å²) in [4.78, 5) is 15.3. The summed E-state index contributed by atoms with van der Waals surface area (Å²) < 4.78 is 0. The molecule has 74 valence electrons. The molecule has 0 saturated carbocycles. The van der Waals surface area contributed by atoms with Gasteiger partial charge in [0.2, 0.25) is 0 Å². The molecule has 0 amide bonds. The Morgan fingerprint density at radius 2 is 1.86 bits per heavy atom. The lowest BCUT2D eigenvalue weighted by Crippen LogP contribution is -2.03. The summed E-state index contributed by atoms with van der Waals surface area (Å²) in [5.41, 5.74) is 3.69. The molecule has 0 aliphatic heterocycles. The van der Waals surface area contributed by atoms with E-state index in [9.17, 15) is 4.79 Å². The molecule has 0 heterocycles. The van der Waals surface area contributed by atoms with Crippen LogP contribution in [0.25, 0.3) is 0 Å². The molecule has 0 unspecified atom stereocenters. The van der Waals surface area contributed by atoms with Gasteiger partial charge in [-0.05, 0) is 38.0 Å². The number of Topliss-reactive ketones (excluding diaryl/α,β-unsaturated/α-hetero) is 1. The molecule has 1 rings (SSSR count). The minimum atomic E-state index is 0.0194. The van der Waals surface area contributed by atoms with Crippen LogP contribution in [0, 0.1) is 13.8 Å². The van der Waals surface area contributed by atoms with Crippen LogP contribution in [0.2, 0.25) is 0 Å². The molecule has 0 aliphatic carbocycles. The van der Waals surface area contributed by atoms with Gasteiger partial charge in [-0.15, -0.1) is 0 Å². The average Bonchev–Trinajstić information content (AvgIpc) is 2.11. The quantitative estimate of drug-likeness (QED) is 0.657. The van der Waals surface area contributed by atoms with Crippen molar-refractivity contribution in [1.29, 1.82) is 0 Å². The van der Waals surface area contributed by atoms with Gasteiger partial charge in [0, 0.05) is 6.92 Å². The second-order valence-corrected chi connectivity index (χ2v) is 3.54. The van der Waals surface area contributed by atoms with Gasteiger partial charge in [-0.1, -0.05) is 12.1 Å². The molecule has 1 aromatic carbocycles. The second kappa shape index (κ2) is 4.18. The van der Waals surface area contributed by atoms with Crippen LogP contribution in [0.15, 0.2) is 23.2 Å². The predicted octanol–water partition coefficient (Wildman–Crippen LogP) is 2.98. The number of hydrogen-bond acceptors (Lipinski definition) is 2. The van der Waals surface area contributed by atoms with Crippen LogP contribution in [0.3, 0.4) is 0 Å². The van der Waals surface area contributed by atoms with Gasteiger partial charge in [-0.3, -0.25) is 4.79 Å². The van der Waals surface area contributed by atoms with Crippen molar-refractivity contribution in [3.8, 4) is 0 Å². The standard InChI is InChI=1S/C12H15NO/c1-8-5-6-9(2)12(7-8)13-10(3)11(4)14/h5-7H,1-4H3. The fourth-order valence-corrected chi connectivity index (χ4v) is 1.10. The Morgan fingerprint density at radius 1 is 1.21 bits per heavy atom. The molecule has 0 radical (unpaired) electrons. The van der Waals surface area contributed by atoms with E-state index in [1.54, 1.807) is 6.92 Å². The predicted molar refractivity (Wildman–Crippen MR) is 59.4 cm³/mol. The highest BCUT2D eigenvalue weighted by Gasteiger charge is 2.01. The van der Waals surface area contributed by atoms with Crippen molar-refractivity contribution in [3.63, 3.8) is 0 Å². The molecule has 1 aromatic rings. The SMILES string of the molecule is CC(=O)C(C)=Nc1cc(C)ccc1C. The van der Waals surface area contributed by atoms with Crippen molar-refractivity contribution in [3.05, 3.63) is 29.3 Å². The summed E-state index contributed by atoms with van der Waals surface area (Å²) in [5.74, 6) is 0.0194. The highest BCUT2D eigenvalue weighted by molar-refractivity contribution is 6.38. The van der Waals surface area contributed by atoms with E-state index in [-0.39, 0.29) is 5.78 Å². The fraction of sp³-hybridized carbons (Fsp3) is 0.333. The van der Waals surface area contributed by atoms with Crippen molar-refractivity contribution >= 4 is 17.2 Å². The van der Waals surface area contributed by atoms with Gasteiger partial charge >= 0.3 is 0 Å². The van der Waals surface area contributed by atoms with Gasteiger partial charge in [-0.2, -0.15) is 0 Å². The zero-order valence-electron chi connectivity index (χ0n) is 9.09. The third-order valence-corrected chi connectivity index (χ3v) is 2.16. The van der Waals surface area contributed by atoms with Gasteiger partial charge < -0.3 is 0 Å². The molecule has 0 N–H and O–H groups in total. The summed E-state index contributed by atoms with van der Waals surface area (Å²) in [6, 6.07) is 6.04. The van der Waals surface area contributed by atoms with E-state index in [2.05, 4.69) is 4.99 Å². The maximum Gasteiger partial charge on any atom is 0.173 e. The number of benzene rings is 1. The van der Waals surface area contributed by atoms with Crippen LogP contribution in [0.4, 0.5) is 5.69 Å². The lowest BCUT2D eigenvalue weighted by atomic mass is 10.1. The van der Waals surface area contributed by atoms with E-state index >= 15 is 0 Å². The summed E-state index contributed by atoms with van der Waals surface area (Å²) in [6.45, 7) is 7.28. The van der Waals surface area contributed by atoms with Gasteiger partial charge in [0.1, 0.15) is 0 Å². The third kappa shape index (κ3) is 2.52. The van der Waals surface area contributed by atoms with Crippen molar-refractivity contribution in [2.45, 2.75) is 27.7 Å². The Morgan fingerprint density at radius 3 is 2.43 bits per heavy atom. The third-order valence-electron chi connectivity index (χ3n) is 2.16. The van der Waals surface area contributed by atoms with Crippen molar-refractivity contribution in [1.82, 2.24) is 0 Å². The van der Waals surface area contributed by atoms with Crippen LogP contribution in [0.5, 0.6) is 0 Å². The molecule has 0 aliphatic rings. The highest BCUT2D eigenvalue weighted by atomic mass is 16.1. The number of carbonyl (C=O) groups is 1. The number of aryl methyl sites for hydroxylation is 2. The van der Waals surface area contributed by atoms with Crippen molar-refractivity contribution in [2.75, 3.05) is 0 Å². The average molecular weight is 189 g/mol. The van der Waals surface area contributed by atoms with E-state index in [1.807, 2.05) is 32.0 Å². The lowest BCUT2D eigenvalue weighted by molar-refractivity contribution is -0.111. The van der Waals surface area contributed by atoms with E-state index in [0.717, 1.165) is 16.8 Å². The first-order valence-electron chi connectivity index (χ1n) is 4.64. The zero-order chi connectivity index (χ0) is 10.7. The molecule has 0 saturated heterocycles. The fourth-order valence-electron chi connectivity index (χ4n) is 1.10. The summed E-state index contributed by atoms with van der Waals surface area (Å²) in [6.07, 6.45) is 0. The Labute approximate surface area is 84.7 Å². The number of nitrogens with zero attached hydrogens (tertiary/aromatic N) is 1. The molecule has 0 fully saturated rings. The summed E-state index contributed by atoms with van der Waals surface area (Å²) in [7, 11) is 0. The summed E-state index contributed by atoms with van der Waals surface area (Å²) in [5, 5.41) is 0. The van der Waals surface area contributed by atoms with Gasteiger partial charge in [0.05, 0.1) is 11.4 Å². The van der Waals surface area contributed by atoms with Crippen LogP contribution in [-0.4, -0.2) is 11.5 Å². The van der Waals surface area contributed by atoms with Crippen LogP contribution in [0.1, 0.15) is 25.0 Å². The first-order valence-corrected chi connectivity index (χ1v) is 4.64. The first-order chi connectivity index (χ1) is 6.50. The Kier molecular flexibility index (Phi) is 3.18. The first kappa shape index (κ1) is 10.6. The van der Waals surface area contributed by atoms with Crippen LogP contribution in [-0.2, 0) is 4.79 Å². The van der Waals surface area contributed by atoms with Gasteiger partial charge in [0.25, 0.3) is 0 Å². The number of carbonyl (C=O) groups excluding carboxylic acids is 1. The van der Waals surface area contributed by atoms with Crippen molar-refractivity contribution < 1.29 is 4.79 Å². The molecule has 0 atom stereocenters. The van der Waals surface area contributed by atoms with Gasteiger partial charge in [0.15, 0.2) is 5.78 Å². The number of aliphatic imine (C=N–C) groups is 1. The molecule has 2 heteroatoms.